The number of carbonyl (C=O) groups excluding carboxylic acids is 1. The van der Waals surface area contributed by atoms with E-state index in [0.29, 0.717) is 0 Å². The van der Waals surface area contributed by atoms with Crippen molar-refractivity contribution < 1.29 is 4.79 Å². The zero-order chi connectivity index (χ0) is 12.8. The zero-order valence-corrected chi connectivity index (χ0v) is 11.5. The first-order valence-corrected chi connectivity index (χ1v) is 6.90. The van der Waals surface area contributed by atoms with Crippen LogP contribution in [-0.4, -0.2) is 12.5 Å². The van der Waals surface area contributed by atoms with Crippen LogP contribution in [0.15, 0.2) is 22.7 Å². The summed E-state index contributed by atoms with van der Waals surface area (Å²) in [6.45, 7) is 0.110. The van der Waals surface area contributed by atoms with E-state index in [1.54, 1.807) is 0 Å². The SMILES string of the molecule is N#CCNC(=O)[C@@H]1C[C@@]12CCc1cc(Br)ccc12. The summed E-state index contributed by atoms with van der Waals surface area (Å²) in [6, 6.07) is 8.30. The number of hydrogen-bond donors (Lipinski definition) is 1. The molecule has 1 N–H and O–H groups in total. The topological polar surface area (TPSA) is 52.9 Å². The summed E-state index contributed by atoms with van der Waals surface area (Å²) in [7, 11) is 0. The lowest BCUT2D eigenvalue weighted by Crippen LogP contribution is -2.28. The minimum atomic E-state index is 0.0346. The molecule has 3 rings (SSSR count). The normalized spacial score (nSPS) is 27.7. The molecule has 1 saturated carbocycles. The Morgan fingerprint density at radius 2 is 2.44 bits per heavy atom. The summed E-state index contributed by atoms with van der Waals surface area (Å²) in [4.78, 5) is 11.9. The zero-order valence-electron chi connectivity index (χ0n) is 9.87. The maximum absolute atomic E-state index is 11.9. The fourth-order valence-corrected chi connectivity index (χ4v) is 3.63. The lowest BCUT2D eigenvalue weighted by molar-refractivity contribution is -0.122. The van der Waals surface area contributed by atoms with Gasteiger partial charge in [-0.2, -0.15) is 5.26 Å². The molecule has 0 radical (unpaired) electrons. The molecule has 0 aromatic heterocycles. The summed E-state index contributed by atoms with van der Waals surface area (Å²) in [6.07, 6.45) is 3.04. The Balaban J connectivity index is 1.82. The summed E-state index contributed by atoms with van der Waals surface area (Å²) in [5, 5.41) is 11.2. The van der Waals surface area contributed by atoms with Gasteiger partial charge in [0.15, 0.2) is 0 Å². The third-order valence-electron chi connectivity index (χ3n) is 4.18. The van der Waals surface area contributed by atoms with Crippen molar-refractivity contribution in [2.45, 2.75) is 24.7 Å². The lowest BCUT2D eigenvalue weighted by Gasteiger charge is -2.11. The van der Waals surface area contributed by atoms with Gasteiger partial charge in [0, 0.05) is 15.8 Å². The Kier molecular flexibility index (Phi) is 2.67. The number of halogens is 1. The highest BCUT2D eigenvalue weighted by atomic mass is 79.9. The molecule has 1 amide bonds. The van der Waals surface area contributed by atoms with Gasteiger partial charge in [0.2, 0.25) is 5.91 Å². The molecule has 1 aromatic carbocycles. The van der Waals surface area contributed by atoms with E-state index in [1.165, 1.54) is 11.1 Å². The largest absolute Gasteiger partial charge is 0.343 e. The maximum atomic E-state index is 11.9. The van der Waals surface area contributed by atoms with E-state index in [1.807, 2.05) is 6.07 Å². The summed E-state index contributed by atoms with van der Waals surface area (Å²) < 4.78 is 1.10. The number of nitrogens with one attached hydrogen (secondary N) is 1. The quantitative estimate of drug-likeness (QED) is 0.852. The van der Waals surface area contributed by atoms with Crippen molar-refractivity contribution in [3.63, 3.8) is 0 Å². The van der Waals surface area contributed by atoms with Crippen molar-refractivity contribution in [2.75, 3.05) is 6.54 Å². The monoisotopic (exact) mass is 304 g/mol. The van der Waals surface area contributed by atoms with Gasteiger partial charge >= 0.3 is 0 Å². The molecule has 2 atom stereocenters. The summed E-state index contributed by atoms with van der Waals surface area (Å²) in [5.41, 5.74) is 2.76. The molecule has 0 bridgehead atoms. The van der Waals surface area contributed by atoms with Gasteiger partial charge in [-0.25, -0.2) is 0 Å². The van der Waals surface area contributed by atoms with Crippen LogP contribution in [0, 0.1) is 17.2 Å². The predicted molar refractivity (Wildman–Crippen MR) is 70.9 cm³/mol. The van der Waals surface area contributed by atoms with Crippen LogP contribution < -0.4 is 5.32 Å². The molecule has 0 saturated heterocycles. The molecule has 0 aliphatic heterocycles. The van der Waals surface area contributed by atoms with E-state index in [0.717, 1.165) is 23.7 Å². The second kappa shape index (κ2) is 4.10. The van der Waals surface area contributed by atoms with Gasteiger partial charge < -0.3 is 5.32 Å². The second-order valence-electron chi connectivity index (χ2n) is 5.09. The smallest absolute Gasteiger partial charge is 0.224 e. The molecule has 0 heterocycles. The standard InChI is InChI=1S/C14H13BrN2O/c15-10-1-2-11-9(7-10)3-4-14(11)8-12(14)13(18)17-6-5-16/h1-2,7,12H,3-4,6,8H2,(H,17,18)/t12-,14+/m0/s1. The van der Waals surface area contributed by atoms with Gasteiger partial charge in [-0.05, 0) is 42.5 Å². The van der Waals surface area contributed by atoms with Crippen molar-refractivity contribution in [3.05, 3.63) is 33.8 Å². The van der Waals surface area contributed by atoms with Gasteiger partial charge in [0.1, 0.15) is 6.54 Å². The Hall–Kier alpha value is -1.34. The minimum Gasteiger partial charge on any atom is -0.343 e. The first-order valence-electron chi connectivity index (χ1n) is 6.11. The molecule has 1 spiro atoms. The van der Waals surface area contributed by atoms with Crippen molar-refractivity contribution in [1.82, 2.24) is 5.32 Å². The average Bonchev–Trinajstić information content (AvgIpc) is 2.98. The number of rotatable bonds is 2. The number of amides is 1. The average molecular weight is 305 g/mol. The summed E-state index contributed by atoms with van der Waals surface area (Å²) >= 11 is 3.49. The number of nitrogens with zero attached hydrogens (tertiary/aromatic N) is 1. The fourth-order valence-electron chi connectivity index (χ4n) is 3.22. The summed E-state index contributed by atoms with van der Waals surface area (Å²) in [5.74, 6) is 0.0978. The maximum Gasteiger partial charge on any atom is 0.224 e. The fraction of sp³-hybridized carbons (Fsp3) is 0.429. The number of benzene rings is 1. The van der Waals surface area contributed by atoms with Gasteiger partial charge in [0.25, 0.3) is 0 Å². The molecule has 18 heavy (non-hydrogen) atoms. The predicted octanol–water partition coefficient (Wildman–Crippen LogP) is 2.29. The third-order valence-corrected chi connectivity index (χ3v) is 4.67. The van der Waals surface area contributed by atoms with Crippen LogP contribution >= 0.6 is 15.9 Å². The van der Waals surface area contributed by atoms with E-state index in [2.05, 4.69) is 39.4 Å². The Morgan fingerprint density at radius 3 is 3.22 bits per heavy atom. The second-order valence-corrected chi connectivity index (χ2v) is 6.01. The van der Waals surface area contributed by atoms with E-state index in [9.17, 15) is 4.79 Å². The minimum absolute atomic E-state index is 0.0346. The van der Waals surface area contributed by atoms with Gasteiger partial charge in [-0.15, -0.1) is 0 Å². The van der Waals surface area contributed by atoms with Crippen molar-refractivity contribution in [2.24, 2.45) is 5.92 Å². The van der Waals surface area contributed by atoms with Crippen LogP contribution in [-0.2, 0) is 16.6 Å². The Labute approximate surface area is 114 Å². The van der Waals surface area contributed by atoms with Crippen LogP contribution in [0.5, 0.6) is 0 Å². The van der Waals surface area contributed by atoms with E-state index >= 15 is 0 Å². The molecule has 2 aliphatic carbocycles. The third kappa shape index (κ3) is 1.65. The molecule has 2 aliphatic rings. The highest BCUT2D eigenvalue weighted by Crippen LogP contribution is 2.61. The number of aryl methyl sites for hydroxylation is 1. The molecule has 0 unspecified atom stereocenters. The Morgan fingerprint density at radius 1 is 1.61 bits per heavy atom. The Bertz CT molecular complexity index is 563. The molecule has 1 aromatic rings. The molecule has 92 valence electrons. The number of hydrogen-bond acceptors (Lipinski definition) is 2. The molecule has 4 heteroatoms. The van der Waals surface area contributed by atoms with Crippen LogP contribution in [0.2, 0.25) is 0 Å². The number of nitriles is 1. The van der Waals surface area contributed by atoms with Crippen LogP contribution in [0.4, 0.5) is 0 Å². The first kappa shape index (κ1) is 11.7. The first-order chi connectivity index (χ1) is 8.67. The highest BCUT2D eigenvalue weighted by molar-refractivity contribution is 9.10. The molecule has 1 fully saturated rings. The molecular weight excluding hydrogens is 292 g/mol. The highest BCUT2D eigenvalue weighted by Gasteiger charge is 2.61. The molecule has 3 nitrogen and oxygen atoms in total. The molecular formula is C14H13BrN2O. The van der Waals surface area contributed by atoms with E-state index < -0.39 is 0 Å². The van der Waals surface area contributed by atoms with Crippen LogP contribution in [0.1, 0.15) is 24.0 Å². The van der Waals surface area contributed by atoms with Crippen molar-refractivity contribution in [1.29, 1.82) is 5.26 Å². The van der Waals surface area contributed by atoms with Gasteiger partial charge in [-0.3, -0.25) is 4.79 Å². The van der Waals surface area contributed by atoms with Gasteiger partial charge in [0.05, 0.1) is 6.07 Å². The number of carbonyl (C=O) groups is 1. The van der Waals surface area contributed by atoms with E-state index in [4.69, 9.17) is 5.26 Å². The van der Waals surface area contributed by atoms with Gasteiger partial charge in [-0.1, -0.05) is 22.0 Å². The van der Waals surface area contributed by atoms with Crippen molar-refractivity contribution in [3.8, 4) is 6.07 Å². The van der Waals surface area contributed by atoms with Crippen LogP contribution in [0.25, 0.3) is 0 Å². The lowest BCUT2D eigenvalue weighted by atomic mass is 9.95. The van der Waals surface area contributed by atoms with Crippen molar-refractivity contribution >= 4 is 21.8 Å². The van der Waals surface area contributed by atoms with Crippen LogP contribution in [0.3, 0.4) is 0 Å². The number of fused-ring (bicyclic) bond motifs is 2. The van der Waals surface area contributed by atoms with E-state index in [-0.39, 0.29) is 23.8 Å².